The maximum absolute atomic E-state index is 6.00. The third kappa shape index (κ3) is 7.73. The van der Waals surface area contributed by atoms with Crippen molar-refractivity contribution in [1.82, 2.24) is 10.2 Å². The van der Waals surface area contributed by atoms with Crippen LogP contribution in [0.4, 0.5) is 0 Å². The summed E-state index contributed by atoms with van der Waals surface area (Å²) in [6.45, 7) is 10.4. The van der Waals surface area contributed by atoms with Crippen LogP contribution in [-0.2, 0) is 4.74 Å². The summed E-state index contributed by atoms with van der Waals surface area (Å²) in [5.74, 6) is 2.45. The average Bonchev–Trinajstić information content (AvgIpc) is 2.66. The van der Waals surface area contributed by atoms with Crippen molar-refractivity contribution in [3.63, 3.8) is 0 Å². The van der Waals surface area contributed by atoms with Gasteiger partial charge >= 0.3 is 0 Å². The number of nitrogens with zero attached hydrogens (tertiary/aromatic N) is 2. The van der Waals surface area contributed by atoms with E-state index in [4.69, 9.17) is 19.2 Å². The van der Waals surface area contributed by atoms with Gasteiger partial charge in [-0.2, -0.15) is 0 Å². The maximum atomic E-state index is 6.00. The van der Waals surface area contributed by atoms with Crippen LogP contribution in [-0.4, -0.2) is 63.0 Å². The molecule has 0 spiro atoms. The Labute approximate surface area is 180 Å². The molecule has 1 atom stereocenters. The average molecular weight is 491 g/mol. The Hall–Kier alpha value is -1.22. The number of hydrogen-bond donors (Lipinski definition) is 1. The molecular formula is C20H34IN3O3. The molecule has 0 radical (unpaired) electrons. The van der Waals surface area contributed by atoms with Crippen LogP contribution in [0.15, 0.2) is 29.3 Å². The highest BCUT2D eigenvalue weighted by atomic mass is 127. The Kier molecular flexibility index (Phi) is 11.5. The summed E-state index contributed by atoms with van der Waals surface area (Å²) in [4.78, 5) is 7.10. The largest absolute Gasteiger partial charge is 0.493 e. The second-order valence-corrected chi connectivity index (χ2v) is 6.42. The Morgan fingerprint density at radius 1 is 1.22 bits per heavy atom. The molecule has 6 nitrogen and oxygen atoms in total. The molecule has 1 unspecified atom stereocenters. The van der Waals surface area contributed by atoms with Crippen LogP contribution in [0.1, 0.15) is 33.6 Å². The van der Waals surface area contributed by atoms with E-state index in [1.807, 2.05) is 31.2 Å². The Morgan fingerprint density at radius 3 is 2.48 bits per heavy atom. The lowest BCUT2D eigenvalue weighted by atomic mass is 10.1. The summed E-state index contributed by atoms with van der Waals surface area (Å²) in [7, 11) is 1.65. The summed E-state index contributed by atoms with van der Waals surface area (Å²) in [5, 5.41) is 3.40. The molecule has 1 saturated heterocycles. The monoisotopic (exact) mass is 491 g/mol. The van der Waals surface area contributed by atoms with Gasteiger partial charge in [0.1, 0.15) is 6.10 Å². The number of likely N-dealkylation sites (tertiary alicyclic amines) is 1. The van der Waals surface area contributed by atoms with Crippen LogP contribution in [0.2, 0.25) is 0 Å². The summed E-state index contributed by atoms with van der Waals surface area (Å²) in [5.41, 5.74) is 0. The van der Waals surface area contributed by atoms with Crippen LogP contribution >= 0.6 is 24.0 Å². The topological polar surface area (TPSA) is 55.3 Å². The summed E-state index contributed by atoms with van der Waals surface area (Å²) < 4.78 is 17.1. The van der Waals surface area contributed by atoms with Crippen molar-refractivity contribution >= 4 is 29.9 Å². The van der Waals surface area contributed by atoms with E-state index in [0.717, 1.165) is 56.5 Å². The van der Waals surface area contributed by atoms with Gasteiger partial charge in [-0.1, -0.05) is 12.1 Å². The van der Waals surface area contributed by atoms with E-state index >= 15 is 0 Å². The van der Waals surface area contributed by atoms with Gasteiger partial charge in [0.2, 0.25) is 0 Å². The van der Waals surface area contributed by atoms with E-state index in [2.05, 4.69) is 24.1 Å². The van der Waals surface area contributed by atoms with Crippen molar-refractivity contribution < 1.29 is 14.2 Å². The first-order valence-electron chi connectivity index (χ1n) is 9.62. The number of rotatable bonds is 8. The summed E-state index contributed by atoms with van der Waals surface area (Å²) in [6, 6.07) is 7.70. The fraction of sp³-hybridized carbons (Fsp3) is 0.650. The highest BCUT2D eigenvalue weighted by Gasteiger charge is 2.21. The lowest BCUT2D eigenvalue weighted by Crippen LogP contribution is -2.47. The predicted molar refractivity (Wildman–Crippen MR) is 121 cm³/mol. The van der Waals surface area contributed by atoms with Crippen molar-refractivity contribution in [2.75, 3.05) is 39.9 Å². The van der Waals surface area contributed by atoms with E-state index in [9.17, 15) is 0 Å². The van der Waals surface area contributed by atoms with E-state index in [1.165, 1.54) is 0 Å². The minimum absolute atomic E-state index is 0. The van der Waals surface area contributed by atoms with E-state index < -0.39 is 0 Å². The Morgan fingerprint density at radius 2 is 1.89 bits per heavy atom. The first-order valence-corrected chi connectivity index (χ1v) is 9.62. The molecule has 1 N–H and O–H groups in total. The summed E-state index contributed by atoms with van der Waals surface area (Å²) >= 11 is 0. The molecule has 1 aliphatic heterocycles. The first-order chi connectivity index (χ1) is 12.7. The molecule has 1 aromatic rings. The van der Waals surface area contributed by atoms with Crippen LogP contribution in [0.3, 0.4) is 0 Å². The Balaban J connectivity index is 0.00000364. The smallest absolute Gasteiger partial charge is 0.194 e. The number of piperidine rings is 1. The Bertz CT molecular complexity index is 563. The van der Waals surface area contributed by atoms with Gasteiger partial charge in [-0.05, 0) is 45.7 Å². The molecule has 27 heavy (non-hydrogen) atoms. The second kappa shape index (κ2) is 13.0. The number of para-hydroxylation sites is 2. The minimum atomic E-state index is -0.0408. The van der Waals surface area contributed by atoms with Gasteiger partial charge in [0.15, 0.2) is 17.5 Å². The van der Waals surface area contributed by atoms with E-state index in [1.54, 1.807) is 7.11 Å². The molecule has 154 valence electrons. The second-order valence-electron chi connectivity index (χ2n) is 6.42. The third-order valence-corrected chi connectivity index (χ3v) is 4.37. The number of hydrogen-bond acceptors (Lipinski definition) is 4. The predicted octanol–water partition coefficient (Wildman–Crippen LogP) is 3.55. The van der Waals surface area contributed by atoms with Crippen LogP contribution in [0, 0.1) is 0 Å². The van der Waals surface area contributed by atoms with Gasteiger partial charge in [-0.25, -0.2) is 4.99 Å². The van der Waals surface area contributed by atoms with Crippen LogP contribution in [0.5, 0.6) is 11.5 Å². The zero-order valence-electron chi connectivity index (χ0n) is 16.9. The molecule has 0 aliphatic carbocycles. The molecule has 1 aliphatic rings. The third-order valence-electron chi connectivity index (χ3n) is 4.37. The van der Waals surface area contributed by atoms with Crippen molar-refractivity contribution in [2.24, 2.45) is 4.99 Å². The zero-order chi connectivity index (χ0) is 18.8. The number of aliphatic imine (C=N–C) groups is 1. The van der Waals surface area contributed by atoms with Gasteiger partial charge in [-0.3, -0.25) is 0 Å². The molecule has 1 heterocycles. The van der Waals surface area contributed by atoms with Crippen molar-refractivity contribution in [3.05, 3.63) is 24.3 Å². The normalized spacial score (nSPS) is 16.4. The standard InChI is InChI=1S/C20H33N3O3.HI/c1-5-21-20(23-13-11-17(12-14-23)25-6-2)22-15-16(3)26-19-10-8-7-9-18(19)24-4;/h7-10,16-17H,5-6,11-15H2,1-4H3,(H,21,22);1H. The highest BCUT2D eigenvalue weighted by Crippen LogP contribution is 2.26. The molecule has 2 rings (SSSR count). The van der Waals surface area contributed by atoms with E-state index in [-0.39, 0.29) is 30.1 Å². The molecule has 1 fully saturated rings. The lowest BCUT2D eigenvalue weighted by Gasteiger charge is -2.34. The molecule has 7 heteroatoms. The molecule has 0 saturated carbocycles. The van der Waals surface area contributed by atoms with Gasteiger partial charge in [0, 0.05) is 26.2 Å². The first kappa shape index (κ1) is 23.8. The number of nitrogens with one attached hydrogen (secondary N) is 1. The van der Waals surface area contributed by atoms with Gasteiger partial charge in [0.25, 0.3) is 0 Å². The van der Waals surface area contributed by atoms with Crippen LogP contribution in [0.25, 0.3) is 0 Å². The lowest BCUT2D eigenvalue weighted by molar-refractivity contribution is 0.0263. The number of guanidine groups is 1. The number of benzene rings is 1. The quantitative estimate of drug-likeness (QED) is 0.343. The zero-order valence-corrected chi connectivity index (χ0v) is 19.3. The summed E-state index contributed by atoms with van der Waals surface area (Å²) in [6.07, 6.45) is 2.43. The molecule has 0 aromatic heterocycles. The van der Waals surface area contributed by atoms with Gasteiger partial charge in [0.05, 0.1) is 19.8 Å². The number of methoxy groups -OCH3 is 1. The van der Waals surface area contributed by atoms with Gasteiger partial charge in [-0.15, -0.1) is 24.0 Å². The highest BCUT2D eigenvalue weighted by molar-refractivity contribution is 14.0. The number of halogens is 1. The molecule has 0 bridgehead atoms. The van der Waals surface area contributed by atoms with Gasteiger partial charge < -0.3 is 24.4 Å². The SMILES string of the molecule is CCNC(=NCC(C)Oc1ccccc1OC)N1CCC(OCC)CC1.I. The maximum Gasteiger partial charge on any atom is 0.194 e. The number of ether oxygens (including phenoxy) is 3. The molecule has 1 aromatic carbocycles. The van der Waals surface area contributed by atoms with Crippen molar-refractivity contribution in [2.45, 2.75) is 45.8 Å². The van der Waals surface area contributed by atoms with Crippen LogP contribution < -0.4 is 14.8 Å². The fourth-order valence-corrected chi connectivity index (χ4v) is 3.08. The van der Waals surface area contributed by atoms with E-state index in [0.29, 0.717) is 12.6 Å². The molecule has 0 amide bonds. The van der Waals surface area contributed by atoms with Crippen molar-refractivity contribution in [1.29, 1.82) is 0 Å². The van der Waals surface area contributed by atoms with Crippen molar-refractivity contribution in [3.8, 4) is 11.5 Å². The molecular weight excluding hydrogens is 457 g/mol. The minimum Gasteiger partial charge on any atom is -0.493 e. The fourth-order valence-electron chi connectivity index (χ4n) is 3.08.